The average Bonchev–Trinajstić information content (AvgIpc) is 2.70. The number of fused-ring (bicyclic) bond motifs is 1. The number of rotatable bonds is 3. The highest BCUT2D eigenvalue weighted by Gasteiger charge is 2.42. The molecule has 1 heterocycles. The van der Waals surface area contributed by atoms with Gasteiger partial charge in [-0.1, -0.05) is 12.1 Å². The molecule has 0 radical (unpaired) electrons. The van der Waals surface area contributed by atoms with Crippen molar-refractivity contribution in [2.75, 3.05) is 0 Å². The third-order valence-electron chi connectivity index (χ3n) is 2.76. The molecule has 0 fully saturated rings. The molecule has 0 aliphatic carbocycles. The summed E-state index contributed by atoms with van der Waals surface area (Å²) < 4.78 is 38.5. The third kappa shape index (κ3) is 2.47. The van der Waals surface area contributed by atoms with Crippen molar-refractivity contribution in [3.63, 3.8) is 0 Å². The van der Waals surface area contributed by atoms with E-state index in [0.717, 1.165) is 5.39 Å². The summed E-state index contributed by atoms with van der Waals surface area (Å²) in [6.45, 7) is 0. The van der Waals surface area contributed by atoms with Crippen LogP contribution in [0.25, 0.3) is 10.9 Å². The van der Waals surface area contributed by atoms with Crippen LogP contribution in [0.1, 0.15) is 17.9 Å². The fourth-order valence-corrected chi connectivity index (χ4v) is 1.88. The normalized spacial score (nSPS) is 13.7. The third-order valence-corrected chi connectivity index (χ3v) is 2.76. The monoisotopic (exact) mass is 257 g/mol. The fraction of sp³-hybridized carbons (Fsp3) is 0.250. The SMILES string of the molecule is O=C(O)CC(c1ccc2cc[nH]c2c1)C(F)(F)F. The first-order valence-electron chi connectivity index (χ1n) is 5.23. The minimum Gasteiger partial charge on any atom is -0.481 e. The number of aromatic amines is 1. The van der Waals surface area contributed by atoms with Crippen LogP contribution in [0.4, 0.5) is 13.2 Å². The van der Waals surface area contributed by atoms with Crippen molar-refractivity contribution in [3.8, 4) is 0 Å². The molecule has 0 saturated carbocycles. The Bertz CT molecular complexity index is 574. The van der Waals surface area contributed by atoms with E-state index in [1.807, 2.05) is 0 Å². The predicted molar refractivity (Wildman–Crippen MR) is 59.3 cm³/mol. The summed E-state index contributed by atoms with van der Waals surface area (Å²) in [5, 5.41) is 9.36. The molecule has 1 unspecified atom stereocenters. The molecule has 0 aliphatic heterocycles. The summed E-state index contributed by atoms with van der Waals surface area (Å²) in [5.74, 6) is -3.45. The van der Waals surface area contributed by atoms with Gasteiger partial charge >= 0.3 is 12.1 Å². The van der Waals surface area contributed by atoms with Crippen molar-refractivity contribution in [2.45, 2.75) is 18.5 Å². The first-order valence-corrected chi connectivity index (χ1v) is 5.23. The van der Waals surface area contributed by atoms with Gasteiger partial charge < -0.3 is 10.1 Å². The van der Waals surface area contributed by atoms with E-state index in [-0.39, 0.29) is 5.56 Å². The Hall–Kier alpha value is -1.98. The molecule has 0 saturated heterocycles. The van der Waals surface area contributed by atoms with E-state index >= 15 is 0 Å². The number of halogens is 3. The van der Waals surface area contributed by atoms with Crippen LogP contribution in [-0.4, -0.2) is 22.2 Å². The number of benzene rings is 1. The molecule has 0 amide bonds. The van der Waals surface area contributed by atoms with Gasteiger partial charge in [-0.15, -0.1) is 0 Å². The maximum atomic E-state index is 12.8. The van der Waals surface area contributed by atoms with Crippen molar-refractivity contribution in [1.29, 1.82) is 0 Å². The molecular weight excluding hydrogens is 247 g/mol. The number of H-pyrrole nitrogens is 1. The van der Waals surface area contributed by atoms with Crippen LogP contribution in [-0.2, 0) is 4.79 Å². The minimum absolute atomic E-state index is 0.0418. The summed E-state index contributed by atoms with van der Waals surface area (Å²) in [7, 11) is 0. The van der Waals surface area contributed by atoms with Crippen LogP contribution < -0.4 is 0 Å². The highest BCUT2D eigenvalue weighted by Crippen LogP contribution is 2.38. The van der Waals surface area contributed by atoms with Crippen LogP contribution in [0.3, 0.4) is 0 Å². The topological polar surface area (TPSA) is 53.1 Å². The Morgan fingerprint density at radius 3 is 2.67 bits per heavy atom. The van der Waals surface area contributed by atoms with E-state index in [4.69, 9.17) is 5.11 Å². The largest absolute Gasteiger partial charge is 0.481 e. The number of hydrogen-bond donors (Lipinski definition) is 2. The molecule has 2 aromatic rings. The lowest BCUT2D eigenvalue weighted by Crippen LogP contribution is -2.23. The zero-order valence-electron chi connectivity index (χ0n) is 9.16. The van der Waals surface area contributed by atoms with E-state index in [9.17, 15) is 18.0 Å². The van der Waals surface area contributed by atoms with Gasteiger partial charge in [0.25, 0.3) is 0 Å². The van der Waals surface area contributed by atoms with Crippen molar-refractivity contribution in [1.82, 2.24) is 4.98 Å². The summed E-state index contributed by atoms with van der Waals surface area (Å²) in [5.41, 5.74) is 0.520. The number of aromatic nitrogens is 1. The lowest BCUT2D eigenvalue weighted by molar-refractivity contribution is -0.163. The van der Waals surface area contributed by atoms with E-state index in [1.54, 1.807) is 18.3 Å². The van der Waals surface area contributed by atoms with Crippen LogP contribution in [0.2, 0.25) is 0 Å². The molecule has 2 N–H and O–H groups in total. The molecular formula is C12H10F3NO2. The van der Waals surface area contributed by atoms with Gasteiger partial charge in [0.1, 0.15) is 0 Å². The number of carboxylic acids is 1. The van der Waals surface area contributed by atoms with Gasteiger partial charge in [0.15, 0.2) is 0 Å². The van der Waals surface area contributed by atoms with Gasteiger partial charge in [0.2, 0.25) is 0 Å². The van der Waals surface area contributed by atoms with Gasteiger partial charge in [0, 0.05) is 11.7 Å². The van der Waals surface area contributed by atoms with Gasteiger partial charge in [0.05, 0.1) is 12.3 Å². The predicted octanol–water partition coefficient (Wildman–Crippen LogP) is 3.29. The summed E-state index contributed by atoms with van der Waals surface area (Å²) in [6, 6.07) is 5.94. The summed E-state index contributed by atoms with van der Waals surface area (Å²) in [6.07, 6.45) is -3.91. The van der Waals surface area contributed by atoms with E-state index in [1.165, 1.54) is 12.1 Å². The highest BCUT2D eigenvalue weighted by atomic mass is 19.4. The second-order valence-corrected chi connectivity index (χ2v) is 4.02. The van der Waals surface area contributed by atoms with E-state index in [2.05, 4.69) is 4.98 Å². The van der Waals surface area contributed by atoms with Crippen molar-refractivity contribution >= 4 is 16.9 Å². The van der Waals surface area contributed by atoms with Gasteiger partial charge in [-0.3, -0.25) is 4.79 Å². The molecule has 1 atom stereocenters. The fourth-order valence-electron chi connectivity index (χ4n) is 1.88. The van der Waals surface area contributed by atoms with E-state index in [0.29, 0.717) is 5.52 Å². The number of carbonyl (C=O) groups is 1. The Balaban J connectivity index is 2.43. The second-order valence-electron chi connectivity index (χ2n) is 4.02. The number of aliphatic carboxylic acids is 1. The molecule has 0 spiro atoms. The zero-order valence-corrected chi connectivity index (χ0v) is 9.16. The molecule has 1 aromatic carbocycles. The summed E-state index contributed by atoms with van der Waals surface area (Å²) in [4.78, 5) is 13.3. The summed E-state index contributed by atoms with van der Waals surface area (Å²) >= 11 is 0. The van der Waals surface area contributed by atoms with Crippen molar-refractivity contribution in [2.24, 2.45) is 0 Å². The van der Waals surface area contributed by atoms with Crippen molar-refractivity contribution < 1.29 is 23.1 Å². The number of carboxylic acid groups (broad SMARTS) is 1. The first kappa shape index (κ1) is 12.5. The van der Waals surface area contributed by atoms with Crippen LogP contribution >= 0.6 is 0 Å². The molecule has 6 heteroatoms. The molecule has 1 aromatic heterocycles. The van der Waals surface area contributed by atoms with Crippen LogP contribution in [0, 0.1) is 0 Å². The highest BCUT2D eigenvalue weighted by molar-refractivity contribution is 5.80. The maximum Gasteiger partial charge on any atom is 0.396 e. The molecule has 2 rings (SSSR count). The van der Waals surface area contributed by atoms with E-state index < -0.39 is 24.5 Å². The molecule has 3 nitrogen and oxygen atoms in total. The Morgan fingerprint density at radius 1 is 1.33 bits per heavy atom. The molecule has 18 heavy (non-hydrogen) atoms. The van der Waals surface area contributed by atoms with Gasteiger partial charge in [-0.25, -0.2) is 0 Å². The van der Waals surface area contributed by atoms with Crippen LogP contribution in [0.5, 0.6) is 0 Å². The number of nitrogens with one attached hydrogen (secondary N) is 1. The maximum absolute atomic E-state index is 12.8. The first-order chi connectivity index (χ1) is 8.38. The van der Waals surface area contributed by atoms with Crippen LogP contribution in [0.15, 0.2) is 30.5 Å². The standard InChI is InChI=1S/C12H10F3NO2/c13-12(14,15)9(6-11(17)18)8-2-1-7-3-4-16-10(7)5-8/h1-5,9,16H,6H2,(H,17,18). The lowest BCUT2D eigenvalue weighted by Gasteiger charge is -2.18. The molecule has 0 bridgehead atoms. The molecule has 0 aliphatic rings. The van der Waals surface area contributed by atoms with Crippen molar-refractivity contribution in [3.05, 3.63) is 36.0 Å². The Labute approximate surface area is 100 Å². The average molecular weight is 257 g/mol. The second kappa shape index (κ2) is 4.36. The smallest absolute Gasteiger partial charge is 0.396 e. The number of hydrogen-bond acceptors (Lipinski definition) is 1. The lowest BCUT2D eigenvalue weighted by atomic mass is 9.94. The Kier molecular flexibility index (Phi) is 3.02. The van der Waals surface area contributed by atoms with Gasteiger partial charge in [-0.2, -0.15) is 13.2 Å². The Morgan fingerprint density at radius 2 is 2.06 bits per heavy atom. The minimum atomic E-state index is -4.57. The quantitative estimate of drug-likeness (QED) is 0.886. The van der Waals surface area contributed by atoms with Gasteiger partial charge in [-0.05, 0) is 23.1 Å². The molecule has 96 valence electrons. The number of alkyl halides is 3. The zero-order chi connectivity index (χ0) is 13.3.